The van der Waals surface area contributed by atoms with Gasteiger partial charge in [0.2, 0.25) is 0 Å². The minimum Gasteiger partial charge on any atom is -0.379 e. The first-order valence-electron chi connectivity index (χ1n) is 16.5. The van der Waals surface area contributed by atoms with E-state index in [9.17, 15) is 0 Å². The third-order valence-corrected chi connectivity index (χ3v) is 10.6. The van der Waals surface area contributed by atoms with Crippen molar-refractivity contribution in [3.05, 3.63) is 83.5 Å². The molecule has 0 atom stereocenters. The number of aromatic nitrogens is 6. The highest BCUT2D eigenvalue weighted by molar-refractivity contribution is 9.11. The van der Waals surface area contributed by atoms with E-state index in [-0.39, 0.29) is 0 Å². The van der Waals surface area contributed by atoms with Crippen molar-refractivity contribution < 1.29 is 4.74 Å². The SMILES string of the molecule is C1COCCN1.CCCCn1nc(Cl)c2ccc(Br)cc21.ClCCCBr.ClCCCn1nc(Cl)c2ccc(Br)cc21.Clc1[nH]nc2cc(Br)ccc12. The lowest BCUT2D eigenvalue weighted by molar-refractivity contribution is 0.109. The number of nitrogens with zero attached hydrogens (tertiary/aromatic N) is 5. The van der Waals surface area contributed by atoms with Crippen molar-refractivity contribution in [3.8, 4) is 0 Å². The lowest BCUT2D eigenvalue weighted by Gasteiger charge is -2.10. The standard InChI is InChI=1S/C11H12BrClN2.C10H9BrCl2N2.C7H4BrClN2.C4H9NO.C3H6BrCl/c1-2-3-6-15-10-7-8(12)4-5-9(10)11(13)14-15;11-7-2-3-8-9(6-7)15(5-1-4-12)14-10(8)13;8-4-1-2-5-6(3-4)10-11-7(5)9;1-3-6-4-2-5-1;4-2-1-3-5/h4-5,7H,2-3,6H2,1H3;2-3,6H,1,4-5H2;1-3H,(H,10,11);5H,1-4H2;1-3H2. The van der Waals surface area contributed by atoms with Gasteiger partial charge in [0.1, 0.15) is 5.15 Å². The third-order valence-electron chi connectivity index (χ3n) is 7.15. The molecule has 3 aromatic carbocycles. The van der Waals surface area contributed by atoms with Crippen LogP contribution in [0.5, 0.6) is 0 Å². The first kappa shape index (κ1) is 45.7. The van der Waals surface area contributed by atoms with Crippen molar-refractivity contribution in [2.75, 3.05) is 43.4 Å². The van der Waals surface area contributed by atoms with Gasteiger partial charge in [-0.15, -0.1) is 23.2 Å². The molecule has 17 heteroatoms. The first-order valence-corrected chi connectivity index (χ1v) is 22.2. The average molecular weight is 1070 g/mol. The Kier molecular flexibility index (Phi) is 22.4. The molecule has 1 fully saturated rings. The van der Waals surface area contributed by atoms with Gasteiger partial charge in [-0.25, -0.2) is 0 Å². The number of hydrogen-bond donors (Lipinski definition) is 2. The van der Waals surface area contributed by atoms with Crippen LogP contribution < -0.4 is 5.32 Å². The summed E-state index contributed by atoms with van der Waals surface area (Å²) in [7, 11) is 0. The number of fused-ring (bicyclic) bond motifs is 3. The third kappa shape index (κ3) is 15.1. The van der Waals surface area contributed by atoms with E-state index < -0.39 is 0 Å². The van der Waals surface area contributed by atoms with Gasteiger partial charge < -0.3 is 10.1 Å². The van der Waals surface area contributed by atoms with Gasteiger partial charge >= 0.3 is 0 Å². The van der Waals surface area contributed by atoms with Crippen molar-refractivity contribution >= 4 is 154 Å². The summed E-state index contributed by atoms with van der Waals surface area (Å²) in [6.07, 6.45) is 4.25. The normalized spacial score (nSPS) is 12.3. The van der Waals surface area contributed by atoms with Crippen LogP contribution in [0.25, 0.3) is 32.7 Å². The van der Waals surface area contributed by atoms with Crippen molar-refractivity contribution in [3.63, 3.8) is 0 Å². The molecule has 284 valence electrons. The molecule has 0 saturated carbocycles. The molecule has 0 amide bonds. The maximum absolute atomic E-state index is 6.06. The second-order valence-electron chi connectivity index (χ2n) is 11.0. The molecule has 1 aliphatic rings. The van der Waals surface area contributed by atoms with Crippen molar-refractivity contribution in [2.45, 2.75) is 45.7 Å². The summed E-state index contributed by atoms with van der Waals surface area (Å²) in [5.74, 6) is 1.40. The number of alkyl halides is 3. The van der Waals surface area contributed by atoms with Crippen LogP contribution in [-0.4, -0.2) is 73.2 Å². The summed E-state index contributed by atoms with van der Waals surface area (Å²) in [4.78, 5) is 0. The molecule has 4 heterocycles. The van der Waals surface area contributed by atoms with Gasteiger partial charge in [-0.2, -0.15) is 15.3 Å². The van der Waals surface area contributed by atoms with E-state index in [1.807, 2.05) is 57.9 Å². The van der Waals surface area contributed by atoms with Crippen LogP contribution in [0.15, 0.2) is 68.0 Å². The second kappa shape index (κ2) is 25.5. The summed E-state index contributed by atoms with van der Waals surface area (Å²) in [5, 5.41) is 24.2. The fraction of sp³-hybridized carbons (Fsp3) is 0.400. The van der Waals surface area contributed by atoms with E-state index in [0.717, 1.165) is 122 Å². The Morgan fingerprint density at radius 1 is 0.712 bits per heavy atom. The minimum absolute atomic E-state index is 0.548. The number of morpholine rings is 1. The second-order valence-corrected chi connectivity index (χ2v) is 16.4. The lowest BCUT2D eigenvalue weighted by atomic mass is 10.2. The van der Waals surface area contributed by atoms with E-state index in [1.165, 1.54) is 0 Å². The zero-order valence-electron chi connectivity index (χ0n) is 28.4. The van der Waals surface area contributed by atoms with Crippen LogP contribution in [0.2, 0.25) is 15.5 Å². The van der Waals surface area contributed by atoms with E-state index >= 15 is 0 Å². The summed E-state index contributed by atoms with van der Waals surface area (Å²) in [6.45, 7) is 7.72. The molecular weight excluding hydrogens is 1030 g/mol. The van der Waals surface area contributed by atoms with Gasteiger partial charge in [0.15, 0.2) is 10.3 Å². The molecule has 0 unspecified atom stereocenters. The molecule has 1 aliphatic heterocycles. The highest BCUT2D eigenvalue weighted by Gasteiger charge is 2.09. The predicted molar refractivity (Wildman–Crippen MR) is 237 cm³/mol. The number of aromatic amines is 1. The number of rotatable bonds is 8. The van der Waals surface area contributed by atoms with Crippen molar-refractivity contribution in [1.82, 2.24) is 35.1 Å². The number of H-pyrrole nitrogens is 1. The van der Waals surface area contributed by atoms with Crippen LogP contribution in [0.1, 0.15) is 32.6 Å². The monoisotopic (exact) mass is 1060 g/mol. The van der Waals surface area contributed by atoms with E-state index in [1.54, 1.807) is 0 Å². The predicted octanol–water partition coefficient (Wildman–Crippen LogP) is 12.9. The Morgan fingerprint density at radius 2 is 1.21 bits per heavy atom. The fourth-order valence-corrected chi connectivity index (χ4v) is 7.20. The number of ether oxygens (including phenoxy) is 1. The van der Waals surface area contributed by atoms with Gasteiger partial charge in [0, 0.05) is 72.8 Å². The van der Waals surface area contributed by atoms with E-state index in [4.69, 9.17) is 62.7 Å². The first-order chi connectivity index (χ1) is 25.1. The van der Waals surface area contributed by atoms with Crippen LogP contribution in [0.4, 0.5) is 0 Å². The van der Waals surface area contributed by atoms with E-state index in [0.29, 0.717) is 21.3 Å². The zero-order chi connectivity index (χ0) is 37.9. The number of aryl methyl sites for hydroxylation is 2. The van der Waals surface area contributed by atoms with Crippen LogP contribution >= 0.6 is 122 Å². The number of hydrogen-bond acceptors (Lipinski definition) is 5. The summed E-state index contributed by atoms with van der Waals surface area (Å²) in [6, 6.07) is 17.8. The minimum atomic E-state index is 0.548. The Labute approximate surface area is 363 Å². The molecule has 0 radical (unpaired) electrons. The van der Waals surface area contributed by atoms with Crippen molar-refractivity contribution in [2.24, 2.45) is 0 Å². The van der Waals surface area contributed by atoms with Crippen LogP contribution in [-0.2, 0) is 17.8 Å². The summed E-state index contributed by atoms with van der Waals surface area (Å²) >= 11 is 42.3. The summed E-state index contributed by atoms with van der Waals surface area (Å²) in [5.41, 5.74) is 3.02. The Hall–Kier alpha value is -0.640. The Bertz CT molecular complexity index is 1830. The zero-order valence-corrected chi connectivity index (χ0v) is 38.6. The number of benzene rings is 3. The lowest BCUT2D eigenvalue weighted by Crippen LogP contribution is -2.30. The summed E-state index contributed by atoms with van der Waals surface area (Å²) < 4.78 is 12.0. The van der Waals surface area contributed by atoms with Gasteiger partial charge in [-0.3, -0.25) is 14.5 Å². The maximum Gasteiger partial charge on any atom is 0.158 e. The quantitative estimate of drug-likeness (QED) is 0.148. The van der Waals surface area contributed by atoms with Crippen LogP contribution in [0, 0.1) is 0 Å². The van der Waals surface area contributed by atoms with Gasteiger partial charge in [0.25, 0.3) is 0 Å². The van der Waals surface area contributed by atoms with E-state index in [2.05, 4.69) is 102 Å². The molecule has 2 N–H and O–H groups in total. The van der Waals surface area contributed by atoms with Gasteiger partial charge in [0.05, 0.1) is 29.8 Å². The van der Waals surface area contributed by atoms with Gasteiger partial charge in [-0.1, -0.05) is 112 Å². The molecule has 1 saturated heterocycles. The maximum atomic E-state index is 6.06. The van der Waals surface area contributed by atoms with Crippen molar-refractivity contribution in [1.29, 1.82) is 0 Å². The molecule has 3 aromatic heterocycles. The number of nitrogens with one attached hydrogen (secondary N) is 2. The average Bonchev–Trinajstić information content (AvgIpc) is 3.79. The molecule has 8 nitrogen and oxygen atoms in total. The molecular formula is C35H40Br4Cl5N7O. The molecule has 0 aliphatic carbocycles. The van der Waals surface area contributed by atoms with Crippen LogP contribution in [0.3, 0.4) is 0 Å². The highest BCUT2D eigenvalue weighted by Crippen LogP contribution is 2.27. The number of halogens is 9. The smallest absolute Gasteiger partial charge is 0.158 e. The number of unbranched alkanes of at least 4 members (excludes halogenated alkanes) is 1. The molecule has 0 bridgehead atoms. The largest absolute Gasteiger partial charge is 0.379 e. The van der Waals surface area contributed by atoms with Gasteiger partial charge in [-0.05, 0) is 73.9 Å². The molecule has 52 heavy (non-hydrogen) atoms. The molecule has 6 aromatic rings. The highest BCUT2D eigenvalue weighted by atomic mass is 79.9. The topological polar surface area (TPSA) is 85.6 Å². The molecule has 7 rings (SSSR count). The Morgan fingerprint density at radius 3 is 1.63 bits per heavy atom. The Balaban J connectivity index is 0.000000185. The fourth-order valence-electron chi connectivity index (χ4n) is 4.59. The molecule has 0 spiro atoms.